The number of pyridine rings is 2. The Hall–Kier alpha value is -4.07. The normalized spacial score (nSPS) is 15.7. The number of fused-ring (bicyclic) bond motifs is 4. The van der Waals surface area contributed by atoms with Crippen LogP contribution in [0, 0.1) is 5.82 Å². The van der Waals surface area contributed by atoms with Crippen molar-refractivity contribution in [2.75, 3.05) is 49.3 Å². The number of sulfonamides is 1. The summed E-state index contributed by atoms with van der Waals surface area (Å²) in [6, 6.07) is 4.32. The summed E-state index contributed by atoms with van der Waals surface area (Å²) in [6.07, 6.45) is 5.47. The van der Waals surface area contributed by atoms with E-state index < -0.39 is 39.6 Å². The van der Waals surface area contributed by atoms with Gasteiger partial charge in [-0.05, 0) is 45.7 Å². The van der Waals surface area contributed by atoms with E-state index in [1.807, 2.05) is 0 Å². The topological polar surface area (TPSA) is 131 Å². The molecule has 14 heteroatoms. The van der Waals surface area contributed by atoms with Crippen molar-refractivity contribution in [2.45, 2.75) is 51.0 Å². The minimum absolute atomic E-state index is 0.00141. The molecule has 1 aliphatic heterocycles. The standard InChI is InChI=1S/C30H35F2N5O6S/c1-29(2,3)43-28(39)37(10-9-31)11-12-42-26-23(35-44(5,40)41)13-18(16-34-26)19-14-20-22(15-21(19)32)33-17-24-25(20)30(7-6-8-30)27(38)36(24)4/h13-17,35H,6-12H2,1-5H3. The third-order valence-electron chi connectivity index (χ3n) is 7.76. The summed E-state index contributed by atoms with van der Waals surface area (Å²) in [4.78, 5) is 37.1. The van der Waals surface area contributed by atoms with Crippen LogP contribution in [0.3, 0.4) is 0 Å². The molecule has 1 aromatic carbocycles. The summed E-state index contributed by atoms with van der Waals surface area (Å²) in [5, 5.41) is 0.643. The molecule has 0 bridgehead atoms. The van der Waals surface area contributed by atoms with Gasteiger partial charge in [0.2, 0.25) is 21.8 Å². The molecule has 3 aromatic rings. The summed E-state index contributed by atoms with van der Waals surface area (Å²) in [7, 11) is -2.10. The first kappa shape index (κ1) is 31.4. The van der Waals surface area contributed by atoms with Crippen LogP contribution in [-0.4, -0.2) is 80.6 Å². The number of hydrogen-bond donors (Lipinski definition) is 1. The smallest absolute Gasteiger partial charge is 0.410 e. The van der Waals surface area contributed by atoms with E-state index in [-0.39, 0.29) is 48.3 Å². The number of nitrogens with zero attached hydrogens (tertiary/aromatic N) is 4. The Labute approximate surface area is 254 Å². The number of rotatable bonds is 9. The number of alkyl halides is 1. The van der Waals surface area contributed by atoms with Gasteiger partial charge >= 0.3 is 6.09 Å². The zero-order valence-corrected chi connectivity index (χ0v) is 26.1. The molecule has 0 saturated heterocycles. The average molecular weight is 632 g/mol. The SMILES string of the molecule is CN1C(=O)C2(CCC2)c2c1cnc1cc(F)c(-c3cnc(OCCN(CCF)C(=O)OC(C)(C)C)c(NS(C)(=O)=O)c3)cc21. The summed E-state index contributed by atoms with van der Waals surface area (Å²) in [5.41, 5.74) is 0.822. The highest BCUT2D eigenvalue weighted by molar-refractivity contribution is 7.92. The molecule has 44 heavy (non-hydrogen) atoms. The van der Waals surface area contributed by atoms with Crippen LogP contribution in [-0.2, 0) is 25.0 Å². The fourth-order valence-corrected chi connectivity index (χ4v) is 6.22. The minimum Gasteiger partial charge on any atom is -0.474 e. The highest BCUT2D eigenvalue weighted by Gasteiger charge is 2.54. The number of carbonyl (C=O) groups is 2. The lowest BCUT2D eigenvalue weighted by Crippen LogP contribution is -2.43. The molecule has 0 atom stereocenters. The lowest BCUT2D eigenvalue weighted by Gasteiger charge is -2.37. The average Bonchev–Trinajstić information content (AvgIpc) is 3.13. The number of ether oxygens (including phenoxy) is 2. The molecule has 1 fully saturated rings. The van der Waals surface area contributed by atoms with Crippen molar-refractivity contribution in [2.24, 2.45) is 0 Å². The molecular weight excluding hydrogens is 596 g/mol. The number of amides is 2. The third kappa shape index (κ3) is 5.99. The Morgan fingerprint density at radius 1 is 1.16 bits per heavy atom. The molecular formula is C30H35F2N5O6S. The Kier molecular flexibility index (Phi) is 8.16. The first-order valence-corrected chi connectivity index (χ1v) is 16.1. The van der Waals surface area contributed by atoms with Crippen LogP contribution in [0.5, 0.6) is 5.88 Å². The van der Waals surface area contributed by atoms with Crippen molar-refractivity contribution in [3.8, 4) is 17.0 Å². The van der Waals surface area contributed by atoms with Gasteiger partial charge in [0.25, 0.3) is 0 Å². The number of nitrogens with one attached hydrogen (secondary N) is 1. The highest BCUT2D eigenvalue weighted by Crippen LogP contribution is 2.55. The van der Waals surface area contributed by atoms with Gasteiger partial charge in [-0.1, -0.05) is 6.42 Å². The van der Waals surface area contributed by atoms with E-state index in [2.05, 4.69) is 14.7 Å². The van der Waals surface area contributed by atoms with Crippen LogP contribution in [0.15, 0.2) is 30.6 Å². The Balaban J connectivity index is 1.48. The van der Waals surface area contributed by atoms with E-state index in [4.69, 9.17) is 9.47 Å². The molecule has 5 rings (SSSR count). The van der Waals surface area contributed by atoms with E-state index in [9.17, 15) is 22.4 Å². The van der Waals surface area contributed by atoms with Gasteiger partial charge < -0.3 is 19.3 Å². The molecule has 0 unspecified atom stereocenters. The third-order valence-corrected chi connectivity index (χ3v) is 8.35. The molecule has 2 amide bonds. The zero-order valence-electron chi connectivity index (χ0n) is 25.2. The minimum atomic E-state index is -3.81. The number of aromatic nitrogens is 2. The molecule has 1 spiro atoms. The van der Waals surface area contributed by atoms with Gasteiger partial charge in [0, 0.05) is 41.4 Å². The maximum Gasteiger partial charge on any atom is 0.410 e. The quantitative estimate of drug-likeness (QED) is 0.357. The van der Waals surface area contributed by atoms with Crippen LogP contribution < -0.4 is 14.4 Å². The van der Waals surface area contributed by atoms with Crippen molar-refractivity contribution < 1.29 is 36.3 Å². The van der Waals surface area contributed by atoms with E-state index in [1.54, 1.807) is 45.0 Å². The van der Waals surface area contributed by atoms with Crippen molar-refractivity contribution in [3.05, 3.63) is 42.0 Å². The number of likely N-dealkylation sites (N-methyl/N-ethyl adjacent to an activating group) is 1. The Bertz CT molecular complexity index is 1740. The lowest BCUT2D eigenvalue weighted by atomic mass is 9.64. The maximum atomic E-state index is 15.5. The van der Waals surface area contributed by atoms with E-state index in [1.165, 1.54) is 18.3 Å². The van der Waals surface area contributed by atoms with Gasteiger partial charge in [-0.25, -0.2) is 27.0 Å². The number of hydrogen-bond acceptors (Lipinski definition) is 8. The molecule has 0 radical (unpaired) electrons. The second kappa shape index (κ2) is 11.5. The highest BCUT2D eigenvalue weighted by atomic mass is 32.2. The van der Waals surface area contributed by atoms with Crippen LogP contribution >= 0.6 is 0 Å². The summed E-state index contributed by atoms with van der Waals surface area (Å²) in [5.74, 6) is -0.725. The van der Waals surface area contributed by atoms with Crippen molar-refractivity contribution in [1.29, 1.82) is 0 Å². The molecule has 1 aliphatic carbocycles. The number of benzene rings is 1. The summed E-state index contributed by atoms with van der Waals surface area (Å²) < 4.78 is 66.4. The van der Waals surface area contributed by atoms with Crippen molar-refractivity contribution in [3.63, 3.8) is 0 Å². The van der Waals surface area contributed by atoms with Crippen LogP contribution in [0.1, 0.15) is 45.6 Å². The second-order valence-electron chi connectivity index (χ2n) is 12.1. The summed E-state index contributed by atoms with van der Waals surface area (Å²) >= 11 is 0. The predicted molar refractivity (Wildman–Crippen MR) is 162 cm³/mol. The molecule has 2 aromatic heterocycles. The van der Waals surface area contributed by atoms with Gasteiger partial charge in [0.05, 0.1) is 42.2 Å². The molecule has 3 heterocycles. The van der Waals surface area contributed by atoms with Crippen LogP contribution in [0.25, 0.3) is 22.0 Å². The molecule has 1 N–H and O–H groups in total. The summed E-state index contributed by atoms with van der Waals surface area (Å²) in [6.45, 7) is 3.83. The Morgan fingerprint density at radius 2 is 1.89 bits per heavy atom. The van der Waals surface area contributed by atoms with Gasteiger partial charge in [0.1, 0.15) is 30.4 Å². The van der Waals surface area contributed by atoms with Gasteiger partial charge in [-0.2, -0.15) is 0 Å². The van der Waals surface area contributed by atoms with Crippen LogP contribution in [0.4, 0.5) is 25.0 Å². The maximum absolute atomic E-state index is 15.5. The van der Waals surface area contributed by atoms with E-state index >= 15 is 4.39 Å². The molecule has 236 valence electrons. The van der Waals surface area contributed by atoms with E-state index in [0.29, 0.717) is 29.4 Å². The van der Waals surface area contributed by atoms with Crippen molar-refractivity contribution in [1.82, 2.24) is 14.9 Å². The Morgan fingerprint density at radius 3 is 2.50 bits per heavy atom. The van der Waals surface area contributed by atoms with E-state index in [0.717, 1.165) is 23.1 Å². The van der Waals surface area contributed by atoms with Crippen molar-refractivity contribution >= 4 is 44.3 Å². The number of anilines is 2. The first-order chi connectivity index (χ1) is 20.6. The van der Waals surface area contributed by atoms with Crippen LogP contribution in [0.2, 0.25) is 0 Å². The van der Waals surface area contributed by atoms with Gasteiger partial charge in [-0.3, -0.25) is 14.5 Å². The zero-order chi connectivity index (χ0) is 32.0. The monoisotopic (exact) mass is 631 g/mol. The predicted octanol–water partition coefficient (Wildman–Crippen LogP) is 4.79. The first-order valence-electron chi connectivity index (χ1n) is 14.2. The van der Waals surface area contributed by atoms with Gasteiger partial charge in [-0.15, -0.1) is 0 Å². The molecule has 1 saturated carbocycles. The fourth-order valence-electron chi connectivity index (χ4n) is 5.68. The number of halogens is 2. The number of carbonyl (C=O) groups excluding carboxylic acids is 2. The molecule has 2 aliphatic rings. The largest absolute Gasteiger partial charge is 0.474 e. The lowest BCUT2D eigenvalue weighted by molar-refractivity contribution is -0.125. The van der Waals surface area contributed by atoms with Gasteiger partial charge in [0.15, 0.2) is 0 Å². The molecule has 11 nitrogen and oxygen atoms in total. The second-order valence-corrected chi connectivity index (χ2v) is 13.9. The fraction of sp³-hybridized carbons (Fsp3) is 0.467.